The number of nitrogens with zero attached hydrogens (tertiary/aromatic N) is 1. The standard InChI is InChI=1S/C8H9NO3/c1-12-7-4-2-3-6(5-9-11)8(7)10/h2-5,10-11H,1H3/b9-5+. The van der Waals surface area contributed by atoms with Gasteiger partial charge in [-0.15, -0.1) is 0 Å². The van der Waals surface area contributed by atoms with Gasteiger partial charge >= 0.3 is 0 Å². The number of rotatable bonds is 2. The van der Waals surface area contributed by atoms with E-state index in [4.69, 9.17) is 9.94 Å². The maximum Gasteiger partial charge on any atom is 0.166 e. The van der Waals surface area contributed by atoms with E-state index < -0.39 is 0 Å². The Kier molecular flexibility index (Phi) is 2.53. The van der Waals surface area contributed by atoms with Crippen LogP contribution in [0.2, 0.25) is 0 Å². The van der Waals surface area contributed by atoms with Crippen LogP contribution in [0.1, 0.15) is 5.56 Å². The lowest BCUT2D eigenvalue weighted by atomic mass is 10.2. The Morgan fingerprint density at radius 1 is 1.50 bits per heavy atom. The number of phenolic OH excluding ortho intramolecular Hbond substituents is 1. The lowest BCUT2D eigenvalue weighted by Gasteiger charge is -2.03. The molecule has 1 aromatic carbocycles. The van der Waals surface area contributed by atoms with Gasteiger partial charge in [-0.1, -0.05) is 11.2 Å². The highest BCUT2D eigenvalue weighted by molar-refractivity contribution is 5.84. The smallest absolute Gasteiger partial charge is 0.166 e. The molecule has 1 aromatic rings. The molecule has 12 heavy (non-hydrogen) atoms. The molecule has 0 aliphatic carbocycles. The number of benzene rings is 1. The minimum atomic E-state index is -0.0298. The monoisotopic (exact) mass is 167 g/mol. The first-order valence-electron chi connectivity index (χ1n) is 3.33. The molecule has 0 amide bonds. The van der Waals surface area contributed by atoms with Crippen molar-refractivity contribution in [1.82, 2.24) is 0 Å². The molecule has 1 rings (SSSR count). The minimum Gasteiger partial charge on any atom is -0.504 e. The summed E-state index contributed by atoms with van der Waals surface area (Å²) in [5.74, 6) is 0.324. The van der Waals surface area contributed by atoms with Crippen LogP contribution in [0.3, 0.4) is 0 Å². The van der Waals surface area contributed by atoms with Crippen molar-refractivity contribution in [2.75, 3.05) is 7.11 Å². The van der Waals surface area contributed by atoms with Crippen molar-refractivity contribution in [3.8, 4) is 11.5 Å². The number of phenols is 1. The van der Waals surface area contributed by atoms with Crippen molar-refractivity contribution in [2.24, 2.45) is 5.16 Å². The molecule has 0 fully saturated rings. The van der Waals surface area contributed by atoms with Gasteiger partial charge in [0, 0.05) is 5.56 Å². The Hall–Kier alpha value is -1.71. The fourth-order valence-corrected chi connectivity index (χ4v) is 0.870. The van der Waals surface area contributed by atoms with Crippen molar-refractivity contribution in [2.45, 2.75) is 0 Å². The van der Waals surface area contributed by atoms with E-state index in [1.807, 2.05) is 0 Å². The zero-order valence-corrected chi connectivity index (χ0v) is 6.56. The van der Waals surface area contributed by atoms with E-state index in [0.29, 0.717) is 11.3 Å². The van der Waals surface area contributed by atoms with Crippen LogP contribution in [0.5, 0.6) is 11.5 Å². The third-order valence-electron chi connectivity index (χ3n) is 1.45. The molecule has 0 aliphatic heterocycles. The number of methoxy groups -OCH3 is 1. The van der Waals surface area contributed by atoms with Crippen molar-refractivity contribution < 1.29 is 15.1 Å². The van der Waals surface area contributed by atoms with Gasteiger partial charge in [-0.3, -0.25) is 0 Å². The molecule has 2 N–H and O–H groups in total. The molecule has 4 heteroatoms. The number of hydrogen-bond acceptors (Lipinski definition) is 4. The van der Waals surface area contributed by atoms with Crippen LogP contribution >= 0.6 is 0 Å². The predicted molar refractivity (Wildman–Crippen MR) is 44.0 cm³/mol. The van der Waals surface area contributed by atoms with Crippen LogP contribution in [0.25, 0.3) is 0 Å². The molecule has 0 aliphatic rings. The van der Waals surface area contributed by atoms with Gasteiger partial charge in [0.15, 0.2) is 11.5 Å². The van der Waals surface area contributed by atoms with Gasteiger partial charge in [0.2, 0.25) is 0 Å². The second kappa shape index (κ2) is 3.61. The highest BCUT2D eigenvalue weighted by atomic mass is 16.5. The van der Waals surface area contributed by atoms with Gasteiger partial charge in [0.25, 0.3) is 0 Å². The van der Waals surface area contributed by atoms with Gasteiger partial charge < -0.3 is 15.1 Å². The summed E-state index contributed by atoms with van der Waals surface area (Å²) < 4.78 is 4.84. The first-order chi connectivity index (χ1) is 5.79. The van der Waals surface area contributed by atoms with E-state index in [1.54, 1.807) is 18.2 Å². The zero-order valence-electron chi connectivity index (χ0n) is 6.56. The van der Waals surface area contributed by atoms with E-state index in [2.05, 4.69) is 5.16 Å². The second-order valence-electron chi connectivity index (χ2n) is 2.14. The summed E-state index contributed by atoms with van der Waals surface area (Å²) in [4.78, 5) is 0. The molecule has 0 heterocycles. The van der Waals surface area contributed by atoms with Crippen molar-refractivity contribution in [3.63, 3.8) is 0 Å². The van der Waals surface area contributed by atoms with Crippen molar-refractivity contribution in [1.29, 1.82) is 0 Å². The van der Waals surface area contributed by atoms with Crippen LogP contribution in [-0.4, -0.2) is 23.6 Å². The Morgan fingerprint density at radius 2 is 2.25 bits per heavy atom. The molecular formula is C8H9NO3. The molecule has 0 saturated heterocycles. The van der Waals surface area contributed by atoms with Crippen molar-refractivity contribution >= 4 is 6.21 Å². The first-order valence-corrected chi connectivity index (χ1v) is 3.33. The Morgan fingerprint density at radius 3 is 2.83 bits per heavy atom. The normalized spacial score (nSPS) is 10.4. The topological polar surface area (TPSA) is 62.0 Å². The summed E-state index contributed by atoms with van der Waals surface area (Å²) in [7, 11) is 1.45. The minimum absolute atomic E-state index is 0.0298. The van der Waals surface area contributed by atoms with E-state index in [-0.39, 0.29) is 5.75 Å². The van der Waals surface area contributed by atoms with Gasteiger partial charge in [-0.25, -0.2) is 0 Å². The molecule has 0 saturated carbocycles. The summed E-state index contributed by atoms with van der Waals surface area (Å²) >= 11 is 0. The van der Waals surface area contributed by atoms with E-state index in [9.17, 15) is 5.11 Å². The molecule has 0 atom stereocenters. The molecule has 0 bridgehead atoms. The van der Waals surface area contributed by atoms with Crippen LogP contribution in [-0.2, 0) is 0 Å². The lowest BCUT2D eigenvalue weighted by Crippen LogP contribution is -1.87. The summed E-state index contributed by atoms with van der Waals surface area (Å²) in [5.41, 5.74) is 0.414. The van der Waals surface area contributed by atoms with Crippen LogP contribution in [0.4, 0.5) is 0 Å². The number of aromatic hydroxyl groups is 1. The molecule has 0 spiro atoms. The third kappa shape index (κ3) is 1.47. The number of ether oxygens (including phenoxy) is 1. The average Bonchev–Trinajstić information content (AvgIpc) is 2.09. The van der Waals surface area contributed by atoms with Gasteiger partial charge in [0.1, 0.15) is 0 Å². The molecule has 0 radical (unpaired) electrons. The van der Waals surface area contributed by atoms with Gasteiger partial charge in [-0.2, -0.15) is 0 Å². The maximum absolute atomic E-state index is 9.39. The van der Waals surface area contributed by atoms with E-state index >= 15 is 0 Å². The zero-order chi connectivity index (χ0) is 8.97. The van der Waals surface area contributed by atoms with E-state index in [1.165, 1.54) is 7.11 Å². The fraction of sp³-hybridized carbons (Fsp3) is 0.125. The fourth-order valence-electron chi connectivity index (χ4n) is 0.870. The van der Waals surface area contributed by atoms with Crippen molar-refractivity contribution in [3.05, 3.63) is 23.8 Å². The summed E-state index contributed by atoms with van der Waals surface area (Å²) in [6.45, 7) is 0. The highest BCUT2D eigenvalue weighted by Crippen LogP contribution is 2.27. The molecule has 64 valence electrons. The summed E-state index contributed by atoms with van der Waals surface area (Å²) in [6, 6.07) is 4.91. The largest absolute Gasteiger partial charge is 0.504 e. The molecular weight excluding hydrogens is 158 g/mol. The molecule has 0 unspecified atom stereocenters. The Bertz CT molecular complexity index is 296. The number of hydrogen-bond donors (Lipinski definition) is 2. The second-order valence-corrected chi connectivity index (χ2v) is 2.14. The van der Waals surface area contributed by atoms with Crippen LogP contribution in [0, 0.1) is 0 Å². The molecule has 0 aromatic heterocycles. The molecule has 4 nitrogen and oxygen atoms in total. The maximum atomic E-state index is 9.39. The number of oxime groups is 1. The van der Waals surface area contributed by atoms with Crippen LogP contribution < -0.4 is 4.74 Å². The van der Waals surface area contributed by atoms with Crippen LogP contribution in [0.15, 0.2) is 23.4 Å². The first kappa shape index (κ1) is 8.39. The Balaban J connectivity index is 3.13. The van der Waals surface area contributed by atoms with E-state index in [0.717, 1.165) is 6.21 Å². The SMILES string of the molecule is COc1cccc(/C=N/O)c1O. The lowest BCUT2D eigenvalue weighted by molar-refractivity contribution is 0.321. The van der Waals surface area contributed by atoms with Gasteiger partial charge in [0.05, 0.1) is 13.3 Å². The predicted octanol–water partition coefficient (Wildman–Crippen LogP) is 1.21. The third-order valence-corrected chi connectivity index (χ3v) is 1.45. The summed E-state index contributed by atoms with van der Waals surface area (Å²) in [5, 5.41) is 20.4. The van der Waals surface area contributed by atoms with Gasteiger partial charge in [-0.05, 0) is 12.1 Å². The number of para-hydroxylation sites is 1. The quantitative estimate of drug-likeness (QED) is 0.395. The Labute approximate surface area is 69.7 Å². The highest BCUT2D eigenvalue weighted by Gasteiger charge is 2.03. The average molecular weight is 167 g/mol. The summed E-state index contributed by atoms with van der Waals surface area (Å²) in [6.07, 6.45) is 1.14.